The molecule has 5 rings (SSSR count). The van der Waals surface area contributed by atoms with Crippen LogP contribution in [0.3, 0.4) is 0 Å². The lowest BCUT2D eigenvalue weighted by Gasteiger charge is -2.29. The third kappa shape index (κ3) is 5.38. The smallest absolute Gasteiger partial charge is 0.257 e. The maximum Gasteiger partial charge on any atom is 0.257 e. The summed E-state index contributed by atoms with van der Waals surface area (Å²) in [7, 11) is 0. The Hall–Kier alpha value is -3.80. The molecule has 1 saturated heterocycles. The zero-order valence-electron chi connectivity index (χ0n) is 20.2. The van der Waals surface area contributed by atoms with E-state index < -0.39 is 0 Å². The molecule has 6 heteroatoms. The van der Waals surface area contributed by atoms with Gasteiger partial charge in [-0.2, -0.15) is 0 Å². The number of amides is 1. The minimum Gasteiger partial charge on any atom is -0.369 e. The fraction of sp³-hybridized carbons (Fsp3) is 0.167. The van der Waals surface area contributed by atoms with Gasteiger partial charge in [0.2, 0.25) is 0 Å². The Morgan fingerprint density at radius 1 is 0.833 bits per heavy atom. The Morgan fingerprint density at radius 2 is 1.58 bits per heavy atom. The van der Waals surface area contributed by atoms with Gasteiger partial charge in [0.15, 0.2) is 0 Å². The number of piperazine rings is 1. The fourth-order valence-corrected chi connectivity index (χ4v) is 4.60. The van der Waals surface area contributed by atoms with Gasteiger partial charge in [-0.05, 0) is 72.1 Å². The van der Waals surface area contributed by atoms with Gasteiger partial charge < -0.3 is 20.9 Å². The average molecular weight is 497 g/mol. The molecule has 4 aromatic carbocycles. The highest BCUT2D eigenvalue weighted by atomic mass is 35.5. The number of benzene rings is 4. The minimum absolute atomic E-state index is 0.174. The first-order valence-corrected chi connectivity index (χ1v) is 12.5. The standard InChI is InChI=1S/C30H29ClN4O/c1-21-27(31)8-5-9-28(21)34-29-20-23(22-6-3-2-4-7-22)10-15-26(29)30(36)33-24-11-13-25(14-12-24)35-18-16-32-17-19-35/h2-15,20,32,34H,16-19H2,1H3,(H,33,36). The number of hydrogen-bond acceptors (Lipinski definition) is 4. The first-order valence-electron chi connectivity index (χ1n) is 12.2. The number of rotatable bonds is 6. The number of anilines is 4. The summed E-state index contributed by atoms with van der Waals surface area (Å²) in [6.07, 6.45) is 0. The Kier molecular flexibility index (Phi) is 7.21. The third-order valence-corrected chi connectivity index (χ3v) is 6.93. The molecule has 36 heavy (non-hydrogen) atoms. The van der Waals surface area contributed by atoms with Crippen LogP contribution in [0.2, 0.25) is 5.02 Å². The largest absolute Gasteiger partial charge is 0.369 e. The van der Waals surface area contributed by atoms with Crippen LogP contribution in [0, 0.1) is 6.92 Å². The summed E-state index contributed by atoms with van der Waals surface area (Å²) >= 11 is 6.36. The molecule has 0 saturated carbocycles. The van der Waals surface area contributed by atoms with E-state index in [1.807, 2.05) is 73.7 Å². The number of carbonyl (C=O) groups excluding carboxylic acids is 1. The lowest BCUT2D eigenvalue weighted by atomic mass is 10.0. The SMILES string of the molecule is Cc1c(Cl)cccc1Nc1cc(-c2ccccc2)ccc1C(=O)Nc1ccc(N2CCNCC2)cc1. The van der Waals surface area contributed by atoms with Crippen LogP contribution in [0.1, 0.15) is 15.9 Å². The van der Waals surface area contributed by atoms with E-state index in [0.717, 1.165) is 59.9 Å². The van der Waals surface area contributed by atoms with Gasteiger partial charge in [-0.3, -0.25) is 4.79 Å². The number of carbonyl (C=O) groups is 1. The molecule has 0 bridgehead atoms. The molecule has 1 amide bonds. The van der Waals surface area contributed by atoms with Gasteiger partial charge in [-0.25, -0.2) is 0 Å². The maximum absolute atomic E-state index is 13.4. The van der Waals surface area contributed by atoms with Gasteiger partial charge in [0, 0.05) is 48.3 Å². The van der Waals surface area contributed by atoms with Crippen molar-refractivity contribution >= 4 is 40.3 Å². The number of nitrogens with zero attached hydrogens (tertiary/aromatic N) is 1. The first-order chi connectivity index (χ1) is 17.6. The second kappa shape index (κ2) is 10.9. The van der Waals surface area contributed by atoms with Gasteiger partial charge in [0.1, 0.15) is 0 Å². The van der Waals surface area contributed by atoms with Crippen molar-refractivity contribution in [3.8, 4) is 11.1 Å². The molecule has 0 radical (unpaired) electrons. The highest BCUT2D eigenvalue weighted by Gasteiger charge is 2.16. The summed E-state index contributed by atoms with van der Waals surface area (Å²) in [4.78, 5) is 15.8. The Balaban J connectivity index is 1.42. The normalized spacial score (nSPS) is 13.3. The van der Waals surface area contributed by atoms with E-state index in [2.05, 4.69) is 45.1 Å². The van der Waals surface area contributed by atoms with Crippen molar-refractivity contribution in [2.24, 2.45) is 0 Å². The highest BCUT2D eigenvalue weighted by Crippen LogP contribution is 2.32. The van der Waals surface area contributed by atoms with Crippen molar-refractivity contribution in [2.45, 2.75) is 6.92 Å². The second-order valence-corrected chi connectivity index (χ2v) is 9.31. The van der Waals surface area contributed by atoms with Crippen molar-refractivity contribution in [3.05, 3.63) is 107 Å². The summed E-state index contributed by atoms with van der Waals surface area (Å²) in [5, 5.41) is 10.6. The van der Waals surface area contributed by atoms with Crippen molar-refractivity contribution in [1.82, 2.24) is 5.32 Å². The predicted octanol–water partition coefficient (Wildman–Crippen LogP) is 6.72. The van der Waals surface area contributed by atoms with Crippen LogP contribution in [-0.2, 0) is 0 Å². The highest BCUT2D eigenvalue weighted by molar-refractivity contribution is 6.31. The fourth-order valence-electron chi connectivity index (χ4n) is 4.42. The van der Waals surface area contributed by atoms with Crippen LogP contribution in [0.15, 0.2) is 91.0 Å². The lowest BCUT2D eigenvalue weighted by Crippen LogP contribution is -2.43. The number of halogens is 1. The molecule has 3 N–H and O–H groups in total. The zero-order valence-corrected chi connectivity index (χ0v) is 21.0. The monoisotopic (exact) mass is 496 g/mol. The van der Waals surface area contributed by atoms with Crippen LogP contribution in [0.25, 0.3) is 11.1 Å². The van der Waals surface area contributed by atoms with Crippen molar-refractivity contribution in [1.29, 1.82) is 0 Å². The Morgan fingerprint density at radius 3 is 2.33 bits per heavy atom. The molecule has 0 spiro atoms. The van der Waals surface area contributed by atoms with Crippen LogP contribution < -0.4 is 20.9 Å². The third-order valence-electron chi connectivity index (χ3n) is 6.52. The maximum atomic E-state index is 13.4. The van der Waals surface area contributed by atoms with Gasteiger partial charge in [-0.1, -0.05) is 54.1 Å². The molecule has 1 aliphatic rings. The van der Waals surface area contributed by atoms with Crippen molar-refractivity contribution < 1.29 is 4.79 Å². The topological polar surface area (TPSA) is 56.4 Å². The van der Waals surface area contributed by atoms with Gasteiger partial charge >= 0.3 is 0 Å². The van der Waals surface area contributed by atoms with E-state index in [0.29, 0.717) is 10.6 Å². The molecular weight excluding hydrogens is 468 g/mol. The Bertz CT molecular complexity index is 1350. The quantitative estimate of drug-likeness (QED) is 0.277. The summed E-state index contributed by atoms with van der Waals surface area (Å²) < 4.78 is 0. The van der Waals surface area contributed by atoms with Gasteiger partial charge in [0.05, 0.1) is 11.3 Å². The van der Waals surface area contributed by atoms with Crippen LogP contribution >= 0.6 is 11.6 Å². The molecule has 0 atom stereocenters. The van der Waals surface area contributed by atoms with Crippen molar-refractivity contribution in [2.75, 3.05) is 41.7 Å². The molecule has 0 unspecified atom stereocenters. The molecule has 1 fully saturated rings. The molecule has 0 aromatic heterocycles. The average Bonchev–Trinajstić information content (AvgIpc) is 2.92. The molecule has 5 nitrogen and oxygen atoms in total. The van der Waals surface area contributed by atoms with E-state index in [4.69, 9.17) is 11.6 Å². The van der Waals surface area contributed by atoms with E-state index in [1.165, 1.54) is 5.69 Å². The van der Waals surface area contributed by atoms with Gasteiger partial charge in [-0.15, -0.1) is 0 Å². The van der Waals surface area contributed by atoms with E-state index >= 15 is 0 Å². The van der Waals surface area contributed by atoms with Crippen molar-refractivity contribution in [3.63, 3.8) is 0 Å². The molecule has 0 aliphatic carbocycles. The second-order valence-electron chi connectivity index (χ2n) is 8.90. The Labute approximate surface area is 217 Å². The molecule has 1 heterocycles. The summed E-state index contributed by atoms with van der Waals surface area (Å²) in [6.45, 7) is 5.90. The van der Waals surface area contributed by atoms with E-state index in [1.54, 1.807) is 0 Å². The van der Waals surface area contributed by atoms with Crippen LogP contribution in [0.4, 0.5) is 22.7 Å². The van der Waals surface area contributed by atoms with Gasteiger partial charge in [0.25, 0.3) is 5.91 Å². The van der Waals surface area contributed by atoms with Crippen LogP contribution in [-0.4, -0.2) is 32.1 Å². The lowest BCUT2D eigenvalue weighted by molar-refractivity contribution is 0.102. The summed E-state index contributed by atoms with van der Waals surface area (Å²) in [5.74, 6) is -0.174. The zero-order chi connectivity index (χ0) is 24.9. The molecular formula is C30H29ClN4O. The summed E-state index contributed by atoms with van der Waals surface area (Å²) in [6, 6.07) is 29.8. The molecule has 182 valence electrons. The minimum atomic E-state index is -0.174. The van der Waals surface area contributed by atoms with E-state index in [-0.39, 0.29) is 5.91 Å². The molecule has 1 aliphatic heterocycles. The first kappa shape index (κ1) is 23.9. The van der Waals surface area contributed by atoms with Crippen LogP contribution in [0.5, 0.6) is 0 Å². The summed E-state index contributed by atoms with van der Waals surface area (Å²) in [5.41, 5.74) is 7.10. The predicted molar refractivity (Wildman–Crippen MR) is 151 cm³/mol. The molecule has 4 aromatic rings. The number of hydrogen-bond donors (Lipinski definition) is 3. The number of nitrogens with one attached hydrogen (secondary N) is 3. The van der Waals surface area contributed by atoms with E-state index in [9.17, 15) is 4.79 Å².